The number of carbonyl (C=O) groups excluding carboxylic acids is 1. The lowest BCUT2D eigenvalue weighted by atomic mass is 9.98. The minimum Gasteiger partial charge on any atom is -0.480 e. The first-order chi connectivity index (χ1) is 7.41. The molecule has 7 nitrogen and oxygen atoms in total. The fourth-order valence-electron chi connectivity index (χ4n) is 1.84. The highest BCUT2D eigenvalue weighted by Gasteiger charge is 2.36. The Morgan fingerprint density at radius 1 is 1.25 bits per heavy atom. The molecule has 1 saturated heterocycles. The number of rotatable bonds is 2. The topological polar surface area (TPSA) is 107 Å². The third-order valence-electron chi connectivity index (χ3n) is 2.52. The molecule has 16 heavy (non-hydrogen) atoms. The summed E-state index contributed by atoms with van der Waals surface area (Å²) >= 11 is 0. The molecule has 1 aliphatic heterocycles. The maximum atomic E-state index is 10.9. The van der Waals surface area contributed by atoms with Crippen LogP contribution in [0.3, 0.4) is 0 Å². The standard InChI is InChI=1S/C9H14N2O5/c1-5(12)10-6-2-3-7(8(13)14)11(4-6)9(15)16/h6-7H,2-4H2,1H3,(H,10,12)(H,13,14)(H,15,16)/t6-,7+/m0/s1. The minimum atomic E-state index is -1.28. The summed E-state index contributed by atoms with van der Waals surface area (Å²) in [7, 11) is 0. The molecule has 0 aromatic carbocycles. The van der Waals surface area contributed by atoms with Crippen molar-refractivity contribution in [2.75, 3.05) is 6.54 Å². The zero-order valence-electron chi connectivity index (χ0n) is 8.84. The largest absolute Gasteiger partial charge is 0.480 e. The SMILES string of the molecule is CC(=O)N[C@H]1CC[C@H](C(=O)O)N(C(=O)O)C1. The van der Waals surface area contributed by atoms with E-state index in [0.717, 1.165) is 4.90 Å². The molecule has 0 unspecified atom stereocenters. The Balaban J connectivity index is 2.68. The van der Waals surface area contributed by atoms with E-state index < -0.39 is 18.1 Å². The summed E-state index contributed by atoms with van der Waals surface area (Å²) in [5.74, 6) is -1.40. The first kappa shape index (κ1) is 12.3. The second kappa shape index (κ2) is 4.82. The Hall–Kier alpha value is -1.79. The van der Waals surface area contributed by atoms with Crippen molar-refractivity contribution in [3.8, 4) is 0 Å². The van der Waals surface area contributed by atoms with Gasteiger partial charge in [-0.1, -0.05) is 0 Å². The Labute approximate surface area is 92.0 Å². The molecule has 0 aromatic heterocycles. The van der Waals surface area contributed by atoms with Gasteiger partial charge in [-0.25, -0.2) is 9.59 Å². The van der Waals surface area contributed by atoms with Crippen LogP contribution in [0.4, 0.5) is 4.79 Å². The van der Waals surface area contributed by atoms with Crippen molar-refractivity contribution in [1.82, 2.24) is 10.2 Å². The third kappa shape index (κ3) is 2.85. The number of aliphatic carboxylic acids is 1. The van der Waals surface area contributed by atoms with Crippen molar-refractivity contribution in [2.24, 2.45) is 0 Å². The predicted octanol–water partition coefficient (Wildman–Crippen LogP) is -0.282. The number of likely N-dealkylation sites (tertiary alicyclic amines) is 1. The highest BCUT2D eigenvalue weighted by Crippen LogP contribution is 2.17. The van der Waals surface area contributed by atoms with E-state index in [1.807, 2.05) is 0 Å². The van der Waals surface area contributed by atoms with Crippen LogP contribution in [0, 0.1) is 0 Å². The number of piperidine rings is 1. The summed E-state index contributed by atoms with van der Waals surface area (Å²) in [6, 6.07) is -1.31. The summed E-state index contributed by atoms with van der Waals surface area (Å²) in [4.78, 5) is 33.3. The molecule has 3 N–H and O–H groups in total. The van der Waals surface area contributed by atoms with Gasteiger partial charge < -0.3 is 15.5 Å². The Bertz CT molecular complexity index is 317. The second-order valence-corrected chi connectivity index (χ2v) is 3.76. The number of carboxylic acids is 1. The van der Waals surface area contributed by atoms with Crippen LogP contribution in [0.5, 0.6) is 0 Å². The molecule has 1 aliphatic rings. The predicted molar refractivity (Wildman–Crippen MR) is 53.0 cm³/mol. The van der Waals surface area contributed by atoms with Gasteiger partial charge in [0.2, 0.25) is 5.91 Å². The number of amides is 2. The van der Waals surface area contributed by atoms with Crippen molar-refractivity contribution in [2.45, 2.75) is 31.8 Å². The molecule has 2 amide bonds. The molecular weight excluding hydrogens is 216 g/mol. The number of hydrogen-bond acceptors (Lipinski definition) is 3. The van der Waals surface area contributed by atoms with E-state index >= 15 is 0 Å². The van der Waals surface area contributed by atoms with Crippen molar-refractivity contribution in [3.63, 3.8) is 0 Å². The van der Waals surface area contributed by atoms with Crippen LogP contribution >= 0.6 is 0 Å². The van der Waals surface area contributed by atoms with Crippen LogP contribution < -0.4 is 5.32 Å². The second-order valence-electron chi connectivity index (χ2n) is 3.76. The average Bonchev–Trinajstić information content (AvgIpc) is 2.16. The molecule has 0 spiro atoms. The monoisotopic (exact) mass is 230 g/mol. The van der Waals surface area contributed by atoms with Crippen LogP contribution in [0.15, 0.2) is 0 Å². The molecule has 1 fully saturated rings. The van der Waals surface area contributed by atoms with E-state index in [1.165, 1.54) is 6.92 Å². The number of hydrogen-bond donors (Lipinski definition) is 3. The molecule has 1 heterocycles. The Morgan fingerprint density at radius 3 is 2.31 bits per heavy atom. The third-order valence-corrected chi connectivity index (χ3v) is 2.52. The minimum absolute atomic E-state index is 0.0197. The lowest BCUT2D eigenvalue weighted by molar-refractivity contribution is -0.144. The van der Waals surface area contributed by atoms with Gasteiger partial charge in [0, 0.05) is 19.5 Å². The van der Waals surface area contributed by atoms with Gasteiger partial charge in [0.25, 0.3) is 0 Å². The molecule has 2 atom stereocenters. The highest BCUT2D eigenvalue weighted by molar-refractivity contribution is 5.80. The molecule has 0 bridgehead atoms. The summed E-state index contributed by atoms with van der Waals surface area (Å²) in [6.07, 6.45) is -0.588. The van der Waals surface area contributed by atoms with E-state index in [1.54, 1.807) is 0 Å². The van der Waals surface area contributed by atoms with Crippen LogP contribution in [0.1, 0.15) is 19.8 Å². The van der Waals surface area contributed by atoms with Crippen molar-refractivity contribution in [1.29, 1.82) is 0 Å². The molecule has 7 heteroatoms. The summed E-state index contributed by atoms with van der Waals surface area (Å²) in [5.41, 5.74) is 0. The van der Waals surface area contributed by atoms with Gasteiger partial charge in [-0.15, -0.1) is 0 Å². The lowest BCUT2D eigenvalue weighted by Gasteiger charge is -2.35. The molecule has 0 aliphatic carbocycles. The molecule has 1 rings (SSSR count). The van der Waals surface area contributed by atoms with Gasteiger partial charge in [-0.3, -0.25) is 9.69 Å². The Morgan fingerprint density at radius 2 is 1.88 bits per heavy atom. The fourth-order valence-corrected chi connectivity index (χ4v) is 1.84. The van der Waals surface area contributed by atoms with Crippen LogP contribution in [-0.4, -0.2) is 51.7 Å². The maximum absolute atomic E-state index is 10.9. The van der Waals surface area contributed by atoms with Gasteiger partial charge in [-0.2, -0.15) is 0 Å². The maximum Gasteiger partial charge on any atom is 0.408 e. The number of nitrogens with one attached hydrogen (secondary N) is 1. The van der Waals surface area contributed by atoms with E-state index in [9.17, 15) is 14.4 Å². The molecule has 0 saturated carbocycles. The molecule has 0 aromatic rings. The van der Waals surface area contributed by atoms with E-state index in [-0.39, 0.29) is 24.9 Å². The Kier molecular flexibility index (Phi) is 3.70. The van der Waals surface area contributed by atoms with Crippen molar-refractivity contribution >= 4 is 18.0 Å². The van der Waals surface area contributed by atoms with E-state index in [0.29, 0.717) is 6.42 Å². The first-order valence-electron chi connectivity index (χ1n) is 4.91. The van der Waals surface area contributed by atoms with Gasteiger partial charge in [0.1, 0.15) is 6.04 Å². The number of carbonyl (C=O) groups is 3. The zero-order valence-corrected chi connectivity index (χ0v) is 8.84. The van der Waals surface area contributed by atoms with Gasteiger partial charge in [-0.05, 0) is 12.8 Å². The van der Waals surface area contributed by atoms with Crippen molar-refractivity contribution in [3.05, 3.63) is 0 Å². The highest BCUT2D eigenvalue weighted by atomic mass is 16.4. The van der Waals surface area contributed by atoms with Crippen molar-refractivity contribution < 1.29 is 24.6 Å². The first-order valence-corrected chi connectivity index (χ1v) is 4.91. The molecular formula is C9H14N2O5. The van der Waals surface area contributed by atoms with Crippen LogP contribution in [-0.2, 0) is 9.59 Å². The summed E-state index contributed by atoms with van der Waals surface area (Å²) < 4.78 is 0. The van der Waals surface area contributed by atoms with Gasteiger partial charge in [0.05, 0.1) is 0 Å². The van der Waals surface area contributed by atoms with Crippen LogP contribution in [0.2, 0.25) is 0 Å². The summed E-state index contributed by atoms with van der Waals surface area (Å²) in [6.45, 7) is 1.36. The lowest BCUT2D eigenvalue weighted by Crippen LogP contribution is -2.55. The van der Waals surface area contributed by atoms with Crippen LogP contribution in [0.25, 0.3) is 0 Å². The quantitative estimate of drug-likeness (QED) is 0.604. The van der Waals surface area contributed by atoms with Gasteiger partial charge in [0.15, 0.2) is 0 Å². The number of carboxylic acid groups (broad SMARTS) is 2. The summed E-state index contributed by atoms with van der Waals surface area (Å²) in [5, 5.41) is 20.3. The average molecular weight is 230 g/mol. The normalized spacial score (nSPS) is 24.9. The molecule has 0 radical (unpaired) electrons. The van der Waals surface area contributed by atoms with Gasteiger partial charge >= 0.3 is 12.1 Å². The molecule has 90 valence electrons. The van der Waals surface area contributed by atoms with E-state index in [2.05, 4.69) is 5.32 Å². The zero-order chi connectivity index (χ0) is 12.3. The van der Waals surface area contributed by atoms with E-state index in [4.69, 9.17) is 10.2 Å². The smallest absolute Gasteiger partial charge is 0.408 e. The fraction of sp³-hybridized carbons (Fsp3) is 0.667. The number of nitrogens with zero attached hydrogens (tertiary/aromatic N) is 1.